The molecule has 0 aliphatic heterocycles. The highest BCUT2D eigenvalue weighted by Crippen LogP contribution is 2.44. The van der Waals surface area contributed by atoms with Gasteiger partial charge >= 0.3 is 0 Å². The number of hydrogen-bond acceptors (Lipinski definition) is 1. The van der Waals surface area contributed by atoms with Crippen molar-refractivity contribution in [3.8, 4) is 5.75 Å². The Bertz CT molecular complexity index is 552. The fourth-order valence-electron chi connectivity index (χ4n) is 2.93. The molecule has 0 aromatic heterocycles. The Hall–Kier alpha value is -1.28. The normalized spacial score (nSPS) is 20.6. The summed E-state index contributed by atoms with van der Waals surface area (Å²) in [5.41, 5.74) is 2.98. The molecule has 0 fully saturated rings. The van der Waals surface area contributed by atoms with Gasteiger partial charge in [0.25, 0.3) is 0 Å². The number of ether oxygens (including phenoxy) is 1. The first-order valence-corrected chi connectivity index (χ1v) is 8.16. The SMILES string of the molecule is BrC1c2ccccc2CC1CCCOc1ccccc1. The number of alkyl halides is 1. The molecule has 1 aliphatic carbocycles. The van der Waals surface area contributed by atoms with Crippen molar-refractivity contribution in [2.45, 2.75) is 24.1 Å². The Kier molecular flexibility index (Phi) is 4.41. The van der Waals surface area contributed by atoms with Crippen molar-refractivity contribution in [1.82, 2.24) is 0 Å². The minimum Gasteiger partial charge on any atom is -0.494 e. The van der Waals surface area contributed by atoms with Crippen molar-refractivity contribution in [3.63, 3.8) is 0 Å². The highest BCUT2D eigenvalue weighted by atomic mass is 79.9. The summed E-state index contributed by atoms with van der Waals surface area (Å²) in [5.74, 6) is 1.67. The predicted octanol–water partition coefficient (Wildman–Crippen LogP) is 5.15. The van der Waals surface area contributed by atoms with Gasteiger partial charge in [-0.25, -0.2) is 0 Å². The maximum Gasteiger partial charge on any atom is 0.119 e. The third-order valence-corrected chi connectivity index (χ3v) is 5.22. The van der Waals surface area contributed by atoms with Gasteiger partial charge in [0.05, 0.1) is 6.61 Å². The molecule has 0 N–H and O–H groups in total. The summed E-state index contributed by atoms with van der Waals surface area (Å²) in [6, 6.07) is 18.8. The standard InChI is InChI=1S/C18H19BrO/c19-18-15(13-14-7-4-5-11-17(14)18)8-6-12-20-16-9-2-1-3-10-16/h1-5,7,9-11,15,18H,6,8,12-13H2. The molecule has 0 spiro atoms. The predicted molar refractivity (Wildman–Crippen MR) is 86.5 cm³/mol. The van der Waals surface area contributed by atoms with Gasteiger partial charge < -0.3 is 4.74 Å². The summed E-state index contributed by atoms with van der Waals surface area (Å²) < 4.78 is 5.76. The topological polar surface area (TPSA) is 9.23 Å². The van der Waals surface area contributed by atoms with E-state index in [2.05, 4.69) is 40.2 Å². The molecule has 20 heavy (non-hydrogen) atoms. The minimum absolute atomic E-state index is 0.510. The maximum absolute atomic E-state index is 5.76. The molecule has 0 radical (unpaired) electrons. The smallest absolute Gasteiger partial charge is 0.119 e. The number of benzene rings is 2. The van der Waals surface area contributed by atoms with Gasteiger partial charge in [0.1, 0.15) is 5.75 Å². The van der Waals surface area contributed by atoms with Crippen LogP contribution in [-0.4, -0.2) is 6.61 Å². The van der Waals surface area contributed by atoms with E-state index in [1.54, 1.807) is 0 Å². The molecule has 104 valence electrons. The molecule has 2 aromatic carbocycles. The van der Waals surface area contributed by atoms with E-state index in [4.69, 9.17) is 4.74 Å². The van der Waals surface area contributed by atoms with E-state index >= 15 is 0 Å². The van der Waals surface area contributed by atoms with Gasteiger partial charge in [-0.1, -0.05) is 58.4 Å². The van der Waals surface area contributed by atoms with Crippen LogP contribution in [0.1, 0.15) is 28.8 Å². The van der Waals surface area contributed by atoms with Gasteiger partial charge in [0, 0.05) is 4.83 Å². The van der Waals surface area contributed by atoms with Crippen LogP contribution in [0.15, 0.2) is 54.6 Å². The number of para-hydroxylation sites is 1. The molecular weight excluding hydrogens is 312 g/mol. The maximum atomic E-state index is 5.76. The number of rotatable bonds is 5. The van der Waals surface area contributed by atoms with Crippen molar-refractivity contribution >= 4 is 15.9 Å². The zero-order valence-electron chi connectivity index (χ0n) is 11.5. The van der Waals surface area contributed by atoms with E-state index in [9.17, 15) is 0 Å². The first-order chi connectivity index (χ1) is 9.84. The molecule has 2 heteroatoms. The fraction of sp³-hybridized carbons (Fsp3) is 0.333. The molecule has 2 atom stereocenters. The van der Waals surface area contributed by atoms with Crippen LogP contribution in [-0.2, 0) is 6.42 Å². The summed E-state index contributed by atoms with van der Waals surface area (Å²) in [4.78, 5) is 0.510. The highest BCUT2D eigenvalue weighted by molar-refractivity contribution is 9.09. The van der Waals surface area contributed by atoms with E-state index in [-0.39, 0.29) is 0 Å². The summed E-state index contributed by atoms with van der Waals surface area (Å²) >= 11 is 3.86. The molecule has 1 nitrogen and oxygen atoms in total. The Morgan fingerprint density at radius 1 is 1.00 bits per heavy atom. The zero-order valence-corrected chi connectivity index (χ0v) is 13.1. The number of fused-ring (bicyclic) bond motifs is 1. The Balaban J connectivity index is 1.46. The Morgan fingerprint density at radius 2 is 1.75 bits per heavy atom. The van der Waals surface area contributed by atoms with Gasteiger partial charge in [0.2, 0.25) is 0 Å². The van der Waals surface area contributed by atoms with Crippen LogP contribution in [0.2, 0.25) is 0 Å². The lowest BCUT2D eigenvalue weighted by molar-refractivity contribution is 0.293. The molecule has 0 saturated carbocycles. The lowest BCUT2D eigenvalue weighted by atomic mass is 10.0. The van der Waals surface area contributed by atoms with Gasteiger partial charge in [-0.05, 0) is 48.4 Å². The molecule has 0 bridgehead atoms. The van der Waals surface area contributed by atoms with Crippen molar-refractivity contribution in [2.75, 3.05) is 6.61 Å². The first-order valence-electron chi connectivity index (χ1n) is 7.24. The third kappa shape index (κ3) is 3.06. The molecule has 2 unspecified atom stereocenters. The van der Waals surface area contributed by atoms with Crippen molar-refractivity contribution in [1.29, 1.82) is 0 Å². The molecule has 0 heterocycles. The molecule has 3 rings (SSSR count). The summed E-state index contributed by atoms with van der Waals surface area (Å²) in [6.07, 6.45) is 3.50. The summed E-state index contributed by atoms with van der Waals surface area (Å²) in [6.45, 7) is 0.802. The molecule has 1 aliphatic rings. The molecular formula is C18H19BrO. The van der Waals surface area contributed by atoms with Crippen LogP contribution in [0.25, 0.3) is 0 Å². The van der Waals surface area contributed by atoms with Gasteiger partial charge in [-0.15, -0.1) is 0 Å². The quantitative estimate of drug-likeness (QED) is 0.543. The Labute approximate surface area is 129 Å². The Morgan fingerprint density at radius 3 is 2.55 bits per heavy atom. The molecule has 0 saturated heterocycles. The zero-order chi connectivity index (χ0) is 13.8. The fourth-order valence-corrected chi connectivity index (χ4v) is 3.83. The van der Waals surface area contributed by atoms with E-state index in [0.29, 0.717) is 10.7 Å². The van der Waals surface area contributed by atoms with Gasteiger partial charge in [0.15, 0.2) is 0 Å². The van der Waals surface area contributed by atoms with E-state index < -0.39 is 0 Å². The van der Waals surface area contributed by atoms with Crippen LogP contribution in [0, 0.1) is 5.92 Å². The second-order valence-corrected chi connectivity index (χ2v) is 6.36. The highest BCUT2D eigenvalue weighted by Gasteiger charge is 2.29. The second-order valence-electron chi connectivity index (χ2n) is 5.37. The van der Waals surface area contributed by atoms with E-state index in [0.717, 1.165) is 18.8 Å². The van der Waals surface area contributed by atoms with Gasteiger partial charge in [-0.3, -0.25) is 0 Å². The summed E-state index contributed by atoms with van der Waals surface area (Å²) in [7, 11) is 0. The average Bonchev–Trinajstić information content (AvgIpc) is 2.82. The van der Waals surface area contributed by atoms with Crippen LogP contribution >= 0.6 is 15.9 Å². The van der Waals surface area contributed by atoms with Crippen LogP contribution in [0.5, 0.6) is 5.75 Å². The van der Waals surface area contributed by atoms with Crippen LogP contribution < -0.4 is 4.74 Å². The third-order valence-electron chi connectivity index (χ3n) is 3.98. The van der Waals surface area contributed by atoms with Crippen LogP contribution in [0.4, 0.5) is 0 Å². The second kappa shape index (κ2) is 6.45. The average molecular weight is 331 g/mol. The van der Waals surface area contributed by atoms with Crippen molar-refractivity contribution < 1.29 is 4.74 Å². The first kappa shape index (κ1) is 13.7. The number of halogens is 1. The minimum atomic E-state index is 0.510. The summed E-state index contributed by atoms with van der Waals surface area (Å²) in [5, 5.41) is 0. The van der Waals surface area contributed by atoms with Crippen molar-refractivity contribution in [3.05, 3.63) is 65.7 Å². The monoisotopic (exact) mass is 330 g/mol. The van der Waals surface area contributed by atoms with Crippen molar-refractivity contribution in [2.24, 2.45) is 5.92 Å². The van der Waals surface area contributed by atoms with Crippen LogP contribution in [0.3, 0.4) is 0 Å². The lowest BCUT2D eigenvalue weighted by Gasteiger charge is -2.14. The van der Waals surface area contributed by atoms with E-state index in [1.165, 1.54) is 24.0 Å². The number of hydrogen-bond donors (Lipinski definition) is 0. The van der Waals surface area contributed by atoms with Gasteiger partial charge in [-0.2, -0.15) is 0 Å². The molecule has 0 amide bonds. The van der Waals surface area contributed by atoms with E-state index in [1.807, 2.05) is 30.3 Å². The largest absolute Gasteiger partial charge is 0.494 e. The lowest BCUT2D eigenvalue weighted by Crippen LogP contribution is -2.06. The molecule has 2 aromatic rings.